The third kappa shape index (κ3) is 19.3. The number of nitrogens with two attached hydrogens (primary N) is 3. The van der Waals surface area contributed by atoms with Crippen molar-refractivity contribution in [2.45, 2.75) is 74.1 Å². The number of nitrogen functional groups attached to an aromatic ring is 3. The number of hydrogen-bond acceptors (Lipinski definition) is 11. The molecule has 0 atom stereocenters. The van der Waals surface area contributed by atoms with Gasteiger partial charge >= 0.3 is 11.9 Å². The van der Waals surface area contributed by atoms with Gasteiger partial charge in [-0.05, 0) is 223 Å². The molecule has 0 aliphatic rings. The van der Waals surface area contributed by atoms with E-state index in [0.717, 1.165) is 123 Å². The summed E-state index contributed by atoms with van der Waals surface area (Å²) < 4.78 is 11.5. The van der Waals surface area contributed by atoms with Crippen molar-refractivity contribution in [1.29, 1.82) is 0 Å². The molecule has 12 aromatic rings. The number of rotatable bonds is 10. The van der Waals surface area contributed by atoms with E-state index in [0.29, 0.717) is 75.9 Å². The number of carbonyl (C=O) groups excluding carboxylic acids is 2. The number of nitrogens with one attached hydrogen (secondary N) is 1. The van der Waals surface area contributed by atoms with Gasteiger partial charge in [-0.15, -0.1) is 0 Å². The van der Waals surface area contributed by atoms with Crippen LogP contribution in [0.5, 0.6) is 0 Å². The van der Waals surface area contributed by atoms with Crippen LogP contribution in [-0.2, 0) is 51.6 Å². The number of anilines is 3. The predicted molar refractivity (Wildman–Crippen MR) is 413 cm³/mol. The Balaban J connectivity index is 0.000000181. The molecule has 522 valence electrons. The highest BCUT2D eigenvalue weighted by atomic mass is 79.9. The zero-order chi connectivity index (χ0) is 76.2. The second-order valence-corrected chi connectivity index (χ2v) is 24.9. The lowest BCUT2D eigenvalue weighted by Crippen LogP contribution is -2.18. The molecule has 0 saturated heterocycles. The van der Waals surface area contributed by atoms with Crippen molar-refractivity contribution in [3.63, 3.8) is 0 Å². The number of imidazole rings is 3. The molecule has 23 heteroatoms. The lowest BCUT2D eigenvalue weighted by molar-refractivity contribution is 0.0599. The molecule has 1 amide bonds. The fraction of sp³-hybridized carbons (Fsp3) is 0.185. The van der Waals surface area contributed by atoms with Gasteiger partial charge in [0.05, 0.1) is 90.8 Å². The second-order valence-electron chi connectivity index (χ2n) is 24.1. The number of amides is 1. The molecule has 0 bridgehead atoms. The Morgan fingerprint density at radius 3 is 1.21 bits per heavy atom. The first-order valence-electron chi connectivity index (χ1n) is 32.1. The molecule has 22 nitrogen and oxygen atoms in total. The zero-order valence-electron chi connectivity index (χ0n) is 59.3. The van der Waals surface area contributed by atoms with Gasteiger partial charge in [0.2, 0.25) is 0 Å². The number of esters is 1. The molecular weight excluding hydrogens is 1370 g/mol. The van der Waals surface area contributed by atoms with Crippen LogP contribution >= 0.6 is 15.9 Å². The second kappa shape index (κ2) is 35.6. The molecule has 3 heterocycles. The highest BCUT2D eigenvalue weighted by molar-refractivity contribution is 9.10. The Morgan fingerprint density at radius 1 is 0.471 bits per heavy atom. The molecule has 0 aliphatic carbocycles. The molecule has 0 unspecified atom stereocenters. The van der Waals surface area contributed by atoms with Crippen LogP contribution in [0.4, 0.5) is 51.2 Å². The van der Waals surface area contributed by atoms with Gasteiger partial charge in [-0.25, -0.2) is 59.1 Å². The van der Waals surface area contributed by atoms with E-state index in [1.54, 1.807) is 78.3 Å². The summed E-state index contributed by atoms with van der Waals surface area (Å²) in [6.45, 7) is 55.6. The summed E-state index contributed by atoms with van der Waals surface area (Å²) in [5.74, 6) is 0.734. The van der Waals surface area contributed by atoms with E-state index in [9.17, 15) is 14.4 Å². The van der Waals surface area contributed by atoms with E-state index in [4.69, 9.17) is 71.7 Å². The van der Waals surface area contributed by atoms with Crippen molar-refractivity contribution in [1.82, 2.24) is 34.1 Å². The molecule has 0 radical (unpaired) electrons. The van der Waals surface area contributed by atoms with Crippen LogP contribution in [0.25, 0.3) is 62.2 Å². The van der Waals surface area contributed by atoms with Crippen LogP contribution < -0.4 is 22.7 Å². The quantitative estimate of drug-likeness (QED) is 0.0245. The molecule has 9 N–H and O–H groups in total. The van der Waals surface area contributed by atoms with E-state index in [-0.39, 0.29) is 11.5 Å². The monoisotopic (exact) mass is 1450 g/mol. The standard InChI is InChI=1S/C19H17N3O2.C18H16N4O2.C18H15N3O2.C10H12N2.C8H7BrN2.C8H8N2/c1-12-8-16-17(11-15(12)20-2)22(3)18(21-16)10-13-6-5-7-14(9-13)19(23)24-4;1-11-7-15-16(10-14(11)19-2)22(3)17(20-15)9-12-5-4-6-13(8-12)18(23)21-24;1-11-7-15-16(10-14(11)19-2)21(3)17(20-15)9-12-5-4-6-13(8-12)18(22)23;1-4-8-6-10(12-3)7(2)5-9(8)11;1-5-3-7(10)6(9)4-8(5)11-2;1-6-5-7(9)3-4-8(6)10-2/h5-9,11H,10H2,1,3-4H3;4-8,10,24H,9H2,1,3H3,(H,21,23);4-8,10H,9H2,1,3H3,(H,22,23);5-6H,4,11H2,1-2H3;3-4H,10H2,1H3;3-5H,9H2,1H3. The average molecular weight is 1450 g/mol. The number of carbonyl (C=O) groups is 3. The molecule has 0 spiro atoms. The van der Waals surface area contributed by atoms with Crippen molar-refractivity contribution >= 4 is 118 Å². The van der Waals surface area contributed by atoms with E-state index >= 15 is 0 Å². The largest absolute Gasteiger partial charge is 0.478 e. The van der Waals surface area contributed by atoms with Gasteiger partial charge in [-0.2, -0.15) is 0 Å². The van der Waals surface area contributed by atoms with E-state index < -0.39 is 11.9 Å². The number of nitrogens with zero attached hydrogens (tertiary/aromatic N) is 12. The van der Waals surface area contributed by atoms with Crippen LogP contribution in [0.15, 0.2) is 156 Å². The first kappa shape index (κ1) is 77.9. The smallest absolute Gasteiger partial charge is 0.337 e. The summed E-state index contributed by atoms with van der Waals surface area (Å²) in [6.07, 6.45) is 2.57. The van der Waals surface area contributed by atoms with Crippen molar-refractivity contribution in [3.05, 3.63) is 314 Å². The van der Waals surface area contributed by atoms with Gasteiger partial charge in [0.25, 0.3) is 5.91 Å². The number of ether oxygens (including phenoxy) is 1. The van der Waals surface area contributed by atoms with E-state index in [1.807, 2.05) is 162 Å². The maximum absolute atomic E-state index is 11.7. The summed E-state index contributed by atoms with van der Waals surface area (Å²) in [4.78, 5) is 68.9. The van der Waals surface area contributed by atoms with Crippen LogP contribution in [0, 0.1) is 81.0 Å². The molecule has 0 saturated carbocycles. The topological polar surface area (TPSA) is 271 Å². The van der Waals surface area contributed by atoms with Crippen LogP contribution in [-0.4, -0.2) is 63.9 Å². The number of carboxylic acids is 1. The first-order chi connectivity index (χ1) is 49.6. The summed E-state index contributed by atoms with van der Waals surface area (Å²) in [7, 11) is 7.14. The van der Waals surface area contributed by atoms with Crippen molar-refractivity contribution in [2.24, 2.45) is 21.1 Å². The predicted octanol–water partition coefficient (Wildman–Crippen LogP) is 18.4. The Bertz CT molecular complexity index is 5390. The number of aromatic nitrogens is 6. The summed E-state index contributed by atoms with van der Waals surface area (Å²) in [6, 6.07) is 45.1. The third-order valence-electron chi connectivity index (χ3n) is 16.9. The number of fused-ring (bicyclic) bond motifs is 3. The van der Waals surface area contributed by atoms with Gasteiger partial charge in [-0.3, -0.25) is 10.0 Å². The average Bonchev–Trinajstić information content (AvgIpc) is 1.65. The van der Waals surface area contributed by atoms with Gasteiger partial charge < -0.3 is 40.7 Å². The number of hydrogen-bond donors (Lipinski definition) is 6. The molecule has 9 aromatic carbocycles. The number of hydroxylamine groups is 1. The minimum Gasteiger partial charge on any atom is -0.478 e. The van der Waals surface area contributed by atoms with Crippen LogP contribution in [0.1, 0.15) is 111 Å². The summed E-state index contributed by atoms with van der Waals surface area (Å²) >= 11 is 3.25. The minimum atomic E-state index is -0.936. The lowest BCUT2D eigenvalue weighted by Gasteiger charge is -2.05. The number of aryl methyl sites for hydroxylation is 10. The van der Waals surface area contributed by atoms with Crippen molar-refractivity contribution in [2.75, 3.05) is 24.3 Å². The number of halogens is 1. The first-order valence-corrected chi connectivity index (χ1v) is 32.9. The van der Waals surface area contributed by atoms with Crippen LogP contribution in [0.2, 0.25) is 0 Å². The Kier molecular flexibility index (Phi) is 26.6. The van der Waals surface area contributed by atoms with E-state index in [2.05, 4.69) is 60.0 Å². The van der Waals surface area contributed by atoms with Crippen molar-refractivity contribution < 1.29 is 29.4 Å². The van der Waals surface area contributed by atoms with Crippen LogP contribution in [0.3, 0.4) is 0 Å². The minimum absolute atomic E-state index is 0.271. The number of aromatic carboxylic acids is 1. The maximum atomic E-state index is 11.7. The third-order valence-corrected chi connectivity index (χ3v) is 17.6. The van der Waals surface area contributed by atoms with Crippen molar-refractivity contribution in [3.8, 4) is 0 Å². The normalized spacial score (nSPS) is 10.1. The van der Waals surface area contributed by atoms with Gasteiger partial charge in [-0.1, -0.05) is 55.5 Å². The number of methoxy groups -OCH3 is 1. The summed E-state index contributed by atoms with van der Waals surface area (Å²) in [5, 5.41) is 17.8. The molecular formula is C81H75BrN16O6. The molecule has 12 rings (SSSR count). The summed E-state index contributed by atoms with van der Waals surface area (Å²) in [5.41, 5.74) is 40.5. The SMILES string of the molecule is [C-]#[N+]c1cc(Br)c(N)cc1C.[C-]#[N+]c1cc(CC)c(N)cc1C.[C-]#[N+]c1cc2c(cc1C)nc(Cc1cccc(C(=O)NO)c1)n2C.[C-]#[N+]c1cc2c(cc1C)nc(Cc1cccc(C(=O)O)c1)n2C.[C-]#[N+]c1cc2c(cc1C)nc(Cc1cccc(C(=O)OC)c1)n2C.[C-]#[N+]c1ccc(N)cc1C. The Labute approximate surface area is 612 Å². The highest BCUT2D eigenvalue weighted by Gasteiger charge is 2.17. The van der Waals surface area contributed by atoms with Gasteiger partial charge in [0.1, 0.15) is 17.5 Å². The maximum Gasteiger partial charge on any atom is 0.337 e. The number of carboxylic acid groups (broad SMARTS) is 1. The zero-order valence-corrected chi connectivity index (χ0v) is 60.9. The number of benzene rings is 9. The fourth-order valence-corrected chi connectivity index (χ4v) is 11.3. The van der Waals surface area contributed by atoms with Gasteiger partial charge in [0.15, 0.2) is 34.1 Å². The Hall–Kier alpha value is -13.4. The fourth-order valence-electron chi connectivity index (χ4n) is 11.0. The molecule has 0 fully saturated rings. The molecule has 3 aromatic heterocycles. The highest BCUT2D eigenvalue weighted by Crippen LogP contribution is 2.32. The molecule has 0 aliphatic heterocycles. The van der Waals surface area contributed by atoms with Gasteiger partial charge in [0, 0.05) is 67.5 Å². The molecule has 104 heavy (non-hydrogen) atoms. The Morgan fingerprint density at radius 2 is 0.827 bits per heavy atom. The lowest BCUT2D eigenvalue weighted by atomic mass is 10.1. The van der Waals surface area contributed by atoms with E-state index in [1.165, 1.54) is 7.11 Å².